The highest BCUT2D eigenvalue weighted by molar-refractivity contribution is 6.17. The van der Waals surface area contributed by atoms with Gasteiger partial charge >= 0.3 is 0 Å². The van der Waals surface area contributed by atoms with Gasteiger partial charge < -0.3 is 4.98 Å². The number of halogens is 1. The maximum Gasteiger partial charge on any atom is 0.255 e. The zero-order valence-electron chi connectivity index (χ0n) is 7.64. The second kappa shape index (κ2) is 4.18. The van der Waals surface area contributed by atoms with Crippen molar-refractivity contribution in [2.75, 3.05) is 0 Å². The molecule has 0 amide bonds. The number of hydrogen-bond donors (Lipinski definition) is 1. The third-order valence-corrected chi connectivity index (χ3v) is 2.11. The lowest BCUT2D eigenvalue weighted by Crippen LogP contribution is -2.13. The summed E-state index contributed by atoms with van der Waals surface area (Å²) in [5.74, 6) is 0.533. The fourth-order valence-corrected chi connectivity index (χ4v) is 1.26. The maximum absolute atomic E-state index is 11.4. The van der Waals surface area contributed by atoms with Crippen LogP contribution in [-0.4, -0.2) is 19.9 Å². The molecular weight excluding hydrogens is 216 g/mol. The smallest absolute Gasteiger partial charge is 0.255 e. The van der Waals surface area contributed by atoms with Crippen LogP contribution in [-0.2, 0) is 5.88 Å². The monoisotopic (exact) mass is 222 g/mol. The molecule has 76 valence electrons. The van der Waals surface area contributed by atoms with Crippen molar-refractivity contribution in [2.24, 2.45) is 0 Å². The molecule has 0 atom stereocenters. The molecule has 0 unspecified atom stereocenters. The van der Waals surface area contributed by atoms with E-state index in [2.05, 4.69) is 19.9 Å². The first-order chi connectivity index (χ1) is 7.31. The molecule has 2 aromatic heterocycles. The Hall–Kier alpha value is -1.75. The summed E-state index contributed by atoms with van der Waals surface area (Å²) in [7, 11) is 0. The van der Waals surface area contributed by atoms with Crippen molar-refractivity contribution < 1.29 is 0 Å². The number of rotatable bonds is 2. The molecule has 0 aromatic carbocycles. The molecule has 5 nitrogen and oxygen atoms in total. The average Bonchev–Trinajstić information content (AvgIpc) is 2.30. The van der Waals surface area contributed by atoms with E-state index in [9.17, 15) is 4.79 Å². The van der Waals surface area contributed by atoms with Gasteiger partial charge in [-0.05, 0) is 0 Å². The largest absolute Gasteiger partial charge is 0.305 e. The average molecular weight is 223 g/mol. The predicted octanol–water partition coefficient (Wildman–Crippen LogP) is 0.966. The van der Waals surface area contributed by atoms with Gasteiger partial charge in [-0.3, -0.25) is 9.78 Å². The van der Waals surface area contributed by atoms with Crippen molar-refractivity contribution in [2.45, 2.75) is 5.88 Å². The summed E-state index contributed by atoms with van der Waals surface area (Å²) in [6.07, 6.45) is 6.05. The first kappa shape index (κ1) is 9.79. The molecular formula is C9H7ClN4O. The molecule has 0 aliphatic rings. The van der Waals surface area contributed by atoms with Crippen LogP contribution < -0.4 is 5.56 Å². The number of aromatic nitrogens is 4. The summed E-state index contributed by atoms with van der Waals surface area (Å²) >= 11 is 5.54. The SMILES string of the molecule is O=c1[nH]c(-c2cnccn2)ncc1CCl. The number of hydrogen-bond acceptors (Lipinski definition) is 4. The summed E-state index contributed by atoms with van der Waals surface area (Å²) < 4.78 is 0. The van der Waals surface area contributed by atoms with Crippen molar-refractivity contribution in [1.82, 2.24) is 19.9 Å². The summed E-state index contributed by atoms with van der Waals surface area (Å²) in [5, 5.41) is 0. The number of aromatic amines is 1. The van der Waals surface area contributed by atoms with E-state index in [0.29, 0.717) is 17.1 Å². The Bertz CT molecular complexity index is 511. The molecule has 2 rings (SSSR count). The van der Waals surface area contributed by atoms with Crippen LogP contribution in [0.3, 0.4) is 0 Å². The van der Waals surface area contributed by atoms with Crippen LogP contribution in [0.4, 0.5) is 0 Å². The van der Waals surface area contributed by atoms with Gasteiger partial charge in [0.05, 0.1) is 17.6 Å². The van der Waals surface area contributed by atoms with E-state index in [0.717, 1.165) is 0 Å². The van der Waals surface area contributed by atoms with Gasteiger partial charge in [0, 0.05) is 18.6 Å². The van der Waals surface area contributed by atoms with Crippen LogP contribution in [0.15, 0.2) is 29.6 Å². The van der Waals surface area contributed by atoms with E-state index in [1.54, 1.807) is 6.20 Å². The zero-order chi connectivity index (χ0) is 10.7. The van der Waals surface area contributed by atoms with Crippen LogP contribution in [0, 0.1) is 0 Å². The normalized spacial score (nSPS) is 10.2. The predicted molar refractivity (Wildman–Crippen MR) is 55.4 cm³/mol. The fourth-order valence-electron chi connectivity index (χ4n) is 1.07. The number of nitrogens with one attached hydrogen (secondary N) is 1. The minimum absolute atomic E-state index is 0.142. The van der Waals surface area contributed by atoms with Crippen LogP contribution in [0.1, 0.15) is 5.56 Å². The Kier molecular flexibility index (Phi) is 2.73. The first-order valence-corrected chi connectivity index (χ1v) is 4.75. The van der Waals surface area contributed by atoms with Crippen molar-refractivity contribution in [1.29, 1.82) is 0 Å². The van der Waals surface area contributed by atoms with Crippen LogP contribution >= 0.6 is 11.6 Å². The summed E-state index contributed by atoms with van der Waals surface area (Å²) in [5.41, 5.74) is 0.709. The number of alkyl halides is 1. The molecule has 1 N–H and O–H groups in total. The van der Waals surface area contributed by atoms with Gasteiger partial charge in [-0.2, -0.15) is 0 Å². The zero-order valence-corrected chi connectivity index (χ0v) is 8.40. The van der Waals surface area contributed by atoms with Gasteiger partial charge in [0.2, 0.25) is 0 Å². The van der Waals surface area contributed by atoms with Gasteiger partial charge in [-0.25, -0.2) is 9.97 Å². The van der Waals surface area contributed by atoms with Crippen molar-refractivity contribution in [3.05, 3.63) is 40.7 Å². The molecule has 0 aliphatic heterocycles. The quantitative estimate of drug-likeness (QED) is 0.769. The van der Waals surface area contributed by atoms with E-state index < -0.39 is 0 Å². The van der Waals surface area contributed by atoms with E-state index in [4.69, 9.17) is 11.6 Å². The molecule has 0 radical (unpaired) electrons. The Morgan fingerprint density at radius 2 is 2.13 bits per heavy atom. The molecule has 0 saturated heterocycles. The molecule has 2 aromatic rings. The number of H-pyrrole nitrogens is 1. The highest BCUT2D eigenvalue weighted by atomic mass is 35.5. The Labute approximate surface area is 90.2 Å². The topological polar surface area (TPSA) is 71.5 Å². The Morgan fingerprint density at radius 3 is 2.73 bits per heavy atom. The van der Waals surface area contributed by atoms with Crippen molar-refractivity contribution in [3.8, 4) is 11.5 Å². The lowest BCUT2D eigenvalue weighted by Gasteiger charge is -1.99. The van der Waals surface area contributed by atoms with E-state index in [1.807, 2.05) is 0 Å². The minimum Gasteiger partial charge on any atom is -0.305 e. The molecule has 0 spiro atoms. The lowest BCUT2D eigenvalue weighted by atomic mass is 10.3. The Balaban J connectivity index is 2.48. The molecule has 2 heterocycles. The van der Waals surface area contributed by atoms with Gasteiger partial charge in [0.15, 0.2) is 5.82 Å². The van der Waals surface area contributed by atoms with E-state index in [1.165, 1.54) is 18.6 Å². The molecule has 0 aliphatic carbocycles. The molecule has 0 fully saturated rings. The number of nitrogens with zero attached hydrogens (tertiary/aromatic N) is 3. The van der Waals surface area contributed by atoms with Crippen LogP contribution in [0.2, 0.25) is 0 Å². The maximum atomic E-state index is 11.4. The van der Waals surface area contributed by atoms with Gasteiger partial charge in [-0.1, -0.05) is 0 Å². The molecule has 0 bridgehead atoms. The highest BCUT2D eigenvalue weighted by Crippen LogP contribution is 2.06. The summed E-state index contributed by atoms with van der Waals surface area (Å²) in [6, 6.07) is 0. The second-order valence-electron chi connectivity index (χ2n) is 2.81. The second-order valence-corrected chi connectivity index (χ2v) is 3.08. The fraction of sp³-hybridized carbons (Fsp3) is 0.111. The Morgan fingerprint density at radius 1 is 1.27 bits per heavy atom. The van der Waals surface area contributed by atoms with E-state index in [-0.39, 0.29) is 11.4 Å². The first-order valence-electron chi connectivity index (χ1n) is 4.22. The van der Waals surface area contributed by atoms with Crippen LogP contribution in [0.25, 0.3) is 11.5 Å². The molecule has 0 saturated carbocycles. The summed E-state index contributed by atoms with van der Waals surface area (Å²) in [4.78, 5) is 25.9. The van der Waals surface area contributed by atoms with Gasteiger partial charge in [-0.15, -0.1) is 11.6 Å². The third kappa shape index (κ3) is 2.02. The minimum atomic E-state index is -0.249. The van der Waals surface area contributed by atoms with Gasteiger partial charge in [0.25, 0.3) is 5.56 Å². The highest BCUT2D eigenvalue weighted by Gasteiger charge is 2.04. The third-order valence-electron chi connectivity index (χ3n) is 1.82. The standard InChI is InChI=1S/C9H7ClN4O/c10-3-6-4-13-8(14-9(6)15)7-5-11-1-2-12-7/h1-2,4-5H,3H2,(H,13,14,15). The van der Waals surface area contributed by atoms with Gasteiger partial charge in [0.1, 0.15) is 5.69 Å². The lowest BCUT2D eigenvalue weighted by molar-refractivity contribution is 1.05. The molecule has 15 heavy (non-hydrogen) atoms. The summed E-state index contributed by atoms with van der Waals surface area (Å²) in [6.45, 7) is 0. The van der Waals surface area contributed by atoms with Crippen LogP contribution in [0.5, 0.6) is 0 Å². The van der Waals surface area contributed by atoms with E-state index >= 15 is 0 Å². The van der Waals surface area contributed by atoms with Crippen molar-refractivity contribution >= 4 is 11.6 Å². The molecule has 6 heteroatoms. The van der Waals surface area contributed by atoms with Crippen molar-refractivity contribution in [3.63, 3.8) is 0 Å².